The first-order chi connectivity index (χ1) is 8.29. The van der Waals surface area contributed by atoms with Gasteiger partial charge in [-0.3, -0.25) is 0 Å². The molecule has 0 aromatic carbocycles. The Morgan fingerprint density at radius 2 is 0.941 bits per heavy atom. The van der Waals surface area contributed by atoms with Crippen LogP contribution in [0.4, 0.5) is 9.59 Å². The van der Waals surface area contributed by atoms with E-state index in [0.29, 0.717) is 13.2 Å². The van der Waals surface area contributed by atoms with Gasteiger partial charge in [-0.2, -0.15) is 0 Å². The van der Waals surface area contributed by atoms with Crippen LogP contribution in [-0.4, -0.2) is 25.5 Å². The van der Waals surface area contributed by atoms with E-state index < -0.39 is 12.3 Å². The van der Waals surface area contributed by atoms with Crippen molar-refractivity contribution in [3.63, 3.8) is 0 Å². The summed E-state index contributed by atoms with van der Waals surface area (Å²) in [7, 11) is 0. The lowest BCUT2D eigenvalue weighted by Gasteiger charge is -2.04. The molecule has 0 aliphatic carbocycles. The molecule has 98 valence electrons. The molecule has 0 unspecified atom stereocenters. The molecule has 5 heteroatoms. The van der Waals surface area contributed by atoms with Crippen LogP contribution in [-0.2, 0) is 14.2 Å². The predicted molar refractivity (Wildman–Crippen MR) is 60.7 cm³/mol. The molecule has 0 bridgehead atoms. The molecule has 0 saturated carbocycles. The summed E-state index contributed by atoms with van der Waals surface area (Å²) in [5, 5.41) is 0. The maximum absolute atomic E-state index is 11.0. The van der Waals surface area contributed by atoms with Crippen molar-refractivity contribution in [2.45, 2.75) is 51.4 Å². The summed E-state index contributed by atoms with van der Waals surface area (Å²) >= 11 is 0. The number of carbonyl (C=O) groups excluding carboxylic acids is 2. The molecule has 1 rings (SSSR count). The number of ether oxygens (including phenoxy) is 3. The summed E-state index contributed by atoms with van der Waals surface area (Å²) in [4.78, 5) is 22.0. The topological polar surface area (TPSA) is 61.8 Å². The highest BCUT2D eigenvalue weighted by Gasteiger charge is 2.12. The van der Waals surface area contributed by atoms with Crippen LogP contribution in [0.2, 0.25) is 0 Å². The van der Waals surface area contributed by atoms with Crippen molar-refractivity contribution in [3.8, 4) is 0 Å². The molecule has 0 amide bonds. The molecular formula is C12H20O5. The van der Waals surface area contributed by atoms with Crippen molar-refractivity contribution in [1.82, 2.24) is 0 Å². The van der Waals surface area contributed by atoms with Gasteiger partial charge in [-0.15, -0.1) is 0 Å². The van der Waals surface area contributed by atoms with Gasteiger partial charge in [0.25, 0.3) is 0 Å². The highest BCUT2D eigenvalue weighted by Crippen LogP contribution is 2.09. The van der Waals surface area contributed by atoms with Crippen molar-refractivity contribution in [3.05, 3.63) is 0 Å². The van der Waals surface area contributed by atoms with Crippen LogP contribution in [0, 0.1) is 0 Å². The van der Waals surface area contributed by atoms with Crippen LogP contribution in [0.1, 0.15) is 51.4 Å². The number of rotatable bonds is 0. The number of carbonyl (C=O) groups is 2. The van der Waals surface area contributed by atoms with Crippen molar-refractivity contribution < 1.29 is 23.8 Å². The molecule has 17 heavy (non-hydrogen) atoms. The Balaban J connectivity index is 2.26. The van der Waals surface area contributed by atoms with E-state index in [1.165, 1.54) is 12.8 Å². The Labute approximate surface area is 101 Å². The average Bonchev–Trinajstić information content (AvgIpc) is 2.30. The van der Waals surface area contributed by atoms with Crippen LogP contribution in [0.5, 0.6) is 0 Å². The zero-order chi connectivity index (χ0) is 12.3. The molecule has 0 aromatic rings. The normalized spacial score (nSPS) is 21.4. The lowest BCUT2D eigenvalue weighted by Crippen LogP contribution is -2.16. The van der Waals surface area contributed by atoms with Crippen molar-refractivity contribution in [2.75, 3.05) is 13.2 Å². The first kappa shape index (κ1) is 13.8. The van der Waals surface area contributed by atoms with Gasteiger partial charge in [-0.25, -0.2) is 9.59 Å². The number of hydrogen-bond acceptors (Lipinski definition) is 5. The van der Waals surface area contributed by atoms with Crippen molar-refractivity contribution in [1.29, 1.82) is 0 Å². The Morgan fingerprint density at radius 1 is 0.588 bits per heavy atom. The molecule has 0 N–H and O–H groups in total. The molecule has 1 heterocycles. The molecular weight excluding hydrogens is 224 g/mol. The molecule has 1 aliphatic heterocycles. The van der Waals surface area contributed by atoms with Crippen LogP contribution < -0.4 is 0 Å². The van der Waals surface area contributed by atoms with E-state index in [1.54, 1.807) is 0 Å². The zero-order valence-corrected chi connectivity index (χ0v) is 10.1. The van der Waals surface area contributed by atoms with Crippen LogP contribution in [0.25, 0.3) is 0 Å². The second-order valence-electron chi connectivity index (χ2n) is 4.13. The van der Waals surface area contributed by atoms with Gasteiger partial charge in [-0.05, 0) is 12.8 Å². The fourth-order valence-corrected chi connectivity index (χ4v) is 1.70. The second-order valence-corrected chi connectivity index (χ2v) is 4.13. The molecule has 0 aromatic heterocycles. The predicted octanol–water partition coefficient (Wildman–Crippen LogP) is 3.41. The summed E-state index contributed by atoms with van der Waals surface area (Å²) < 4.78 is 13.8. The molecule has 0 radical (unpaired) electrons. The van der Waals surface area contributed by atoms with E-state index >= 15 is 0 Å². The van der Waals surface area contributed by atoms with E-state index in [9.17, 15) is 9.59 Å². The highest BCUT2D eigenvalue weighted by atomic mass is 16.8. The molecule has 1 fully saturated rings. The third-order valence-electron chi connectivity index (χ3n) is 2.65. The molecule has 0 atom stereocenters. The van der Waals surface area contributed by atoms with Gasteiger partial charge in [0.2, 0.25) is 0 Å². The zero-order valence-electron chi connectivity index (χ0n) is 10.1. The van der Waals surface area contributed by atoms with Gasteiger partial charge in [0.05, 0.1) is 13.2 Å². The molecule has 0 spiro atoms. The summed E-state index contributed by atoms with van der Waals surface area (Å²) in [5.74, 6) is 0. The van der Waals surface area contributed by atoms with Crippen LogP contribution >= 0.6 is 0 Å². The second kappa shape index (κ2) is 8.84. The quantitative estimate of drug-likeness (QED) is 0.482. The van der Waals surface area contributed by atoms with Gasteiger partial charge in [-0.1, -0.05) is 38.5 Å². The summed E-state index contributed by atoms with van der Waals surface area (Å²) in [5.41, 5.74) is 0. The highest BCUT2D eigenvalue weighted by molar-refractivity contribution is 5.76. The lowest BCUT2D eigenvalue weighted by atomic mass is 10.1. The van der Waals surface area contributed by atoms with Crippen molar-refractivity contribution >= 4 is 12.3 Å². The fourth-order valence-electron chi connectivity index (χ4n) is 1.70. The smallest absolute Gasteiger partial charge is 0.434 e. The summed E-state index contributed by atoms with van der Waals surface area (Å²) in [6.45, 7) is 0.595. The van der Waals surface area contributed by atoms with Gasteiger partial charge >= 0.3 is 12.3 Å². The fraction of sp³-hybridized carbons (Fsp3) is 0.833. The average molecular weight is 244 g/mol. The van der Waals surface area contributed by atoms with Gasteiger partial charge in [0.15, 0.2) is 0 Å². The first-order valence-electron chi connectivity index (χ1n) is 6.30. The standard InChI is InChI=1S/C12H20O5/c13-11-15-9-7-5-3-1-2-4-6-8-10-16-12(14)17-11/h1-10H2. The Kier molecular flexibility index (Phi) is 7.18. The van der Waals surface area contributed by atoms with Gasteiger partial charge in [0.1, 0.15) is 0 Å². The molecule has 5 nitrogen and oxygen atoms in total. The number of hydrogen-bond donors (Lipinski definition) is 0. The largest absolute Gasteiger partial charge is 0.518 e. The lowest BCUT2D eigenvalue weighted by molar-refractivity contribution is 0.0355. The minimum Gasteiger partial charge on any atom is -0.434 e. The summed E-state index contributed by atoms with van der Waals surface area (Å²) in [6, 6.07) is 0. The van der Waals surface area contributed by atoms with Gasteiger partial charge in [0, 0.05) is 0 Å². The first-order valence-corrected chi connectivity index (χ1v) is 6.30. The molecule has 1 saturated heterocycles. The maximum Gasteiger partial charge on any atom is 0.518 e. The van der Waals surface area contributed by atoms with E-state index in [0.717, 1.165) is 38.5 Å². The van der Waals surface area contributed by atoms with Crippen LogP contribution in [0.3, 0.4) is 0 Å². The van der Waals surface area contributed by atoms with E-state index in [1.807, 2.05) is 0 Å². The molecule has 1 aliphatic rings. The van der Waals surface area contributed by atoms with E-state index in [4.69, 9.17) is 9.47 Å². The van der Waals surface area contributed by atoms with E-state index in [-0.39, 0.29) is 0 Å². The Bertz CT molecular complexity index is 215. The minimum absolute atomic E-state index is 0.298. The minimum atomic E-state index is -0.968. The SMILES string of the molecule is O=C1OCCCCCCCCCCOC(=O)O1. The van der Waals surface area contributed by atoms with Crippen molar-refractivity contribution in [2.24, 2.45) is 0 Å². The number of cyclic esters (lactones) is 4. The third kappa shape index (κ3) is 7.60. The summed E-state index contributed by atoms with van der Waals surface area (Å²) in [6.07, 6.45) is 6.51. The monoisotopic (exact) mass is 244 g/mol. The van der Waals surface area contributed by atoms with E-state index in [2.05, 4.69) is 4.74 Å². The Hall–Kier alpha value is -1.26. The van der Waals surface area contributed by atoms with Crippen LogP contribution in [0.15, 0.2) is 0 Å². The van der Waals surface area contributed by atoms with Gasteiger partial charge < -0.3 is 14.2 Å². The maximum atomic E-state index is 11.0. The third-order valence-corrected chi connectivity index (χ3v) is 2.65. The Morgan fingerprint density at radius 3 is 1.35 bits per heavy atom.